The second-order valence-electron chi connectivity index (χ2n) is 3.61. The van der Waals surface area contributed by atoms with Crippen LogP contribution in [0.5, 0.6) is 0 Å². The lowest BCUT2D eigenvalue weighted by atomic mass is 10.0. The first kappa shape index (κ1) is 12.0. The van der Waals surface area contributed by atoms with Crippen molar-refractivity contribution in [1.82, 2.24) is 10.3 Å². The number of halogens is 2. The van der Waals surface area contributed by atoms with E-state index in [4.69, 9.17) is 11.6 Å². The molecule has 2 rings (SSSR count). The largest absolute Gasteiger partial charge is 0.308 e. The molecule has 1 N–H and O–H groups in total. The third-order valence-corrected chi connectivity index (χ3v) is 2.88. The fraction of sp³-hybridized carbons (Fsp3) is 0.154. The molecule has 0 aliphatic carbocycles. The van der Waals surface area contributed by atoms with Gasteiger partial charge in [-0.3, -0.25) is 4.98 Å². The average molecular weight is 251 g/mol. The van der Waals surface area contributed by atoms with Crippen LogP contribution in [0.25, 0.3) is 0 Å². The molecule has 1 atom stereocenters. The molecule has 0 aliphatic heterocycles. The highest BCUT2D eigenvalue weighted by atomic mass is 35.5. The van der Waals surface area contributed by atoms with Crippen molar-refractivity contribution in [2.75, 3.05) is 7.05 Å². The van der Waals surface area contributed by atoms with Gasteiger partial charge in [-0.15, -0.1) is 0 Å². The van der Waals surface area contributed by atoms with E-state index in [1.807, 2.05) is 0 Å². The van der Waals surface area contributed by atoms with Crippen molar-refractivity contribution in [3.63, 3.8) is 0 Å². The zero-order chi connectivity index (χ0) is 12.3. The summed E-state index contributed by atoms with van der Waals surface area (Å²) in [6.07, 6.45) is 1.65. The monoisotopic (exact) mass is 250 g/mol. The van der Waals surface area contributed by atoms with Gasteiger partial charge in [0.2, 0.25) is 0 Å². The zero-order valence-electron chi connectivity index (χ0n) is 9.32. The molecule has 1 heterocycles. The van der Waals surface area contributed by atoms with Gasteiger partial charge in [0.1, 0.15) is 5.82 Å². The van der Waals surface area contributed by atoms with Crippen molar-refractivity contribution >= 4 is 11.6 Å². The maximum absolute atomic E-state index is 13.7. The molecule has 0 radical (unpaired) electrons. The Kier molecular flexibility index (Phi) is 3.71. The van der Waals surface area contributed by atoms with Gasteiger partial charge >= 0.3 is 0 Å². The fourth-order valence-corrected chi connectivity index (χ4v) is 1.99. The van der Waals surface area contributed by atoms with Gasteiger partial charge < -0.3 is 5.32 Å². The number of hydrogen-bond acceptors (Lipinski definition) is 2. The Morgan fingerprint density at radius 3 is 2.65 bits per heavy atom. The normalized spacial score (nSPS) is 12.4. The summed E-state index contributed by atoms with van der Waals surface area (Å²) < 4.78 is 13.7. The second kappa shape index (κ2) is 5.25. The summed E-state index contributed by atoms with van der Waals surface area (Å²) in [4.78, 5) is 4.21. The lowest BCUT2D eigenvalue weighted by Crippen LogP contribution is -2.20. The predicted octanol–water partition coefficient (Wildman–Crippen LogP) is 3.18. The highest BCUT2D eigenvalue weighted by Crippen LogP contribution is 2.27. The summed E-state index contributed by atoms with van der Waals surface area (Å²) in [5, 5.41) is 3.55. The Morgan fingerprint density at radius 1 is 1.24 bits per heavy atom. The number of aromatic nitrogens is 1. The molecule has 4 heteroatoms. The summed E-state index contributed by atoms with van der Waals surface area (Å²) in [7, 11) is 1.75. The predicted molar refractivity (Wildman–Crippen MR) is 66.5 cm³/mol. The van der Waals surface area contributed by atoms with Crippen LogP contribution in [0.2, 0.25) is 5.02 Å². The minimum Gasteiger partial charge on any atom is -0.308 e. The van der Waals surface area contributed by atoms with E-state index < -0.39 is 0 Å². The smallest absolute Gasteiger partial charge is 0.128 e. The molecule has 17 heavy (non-hydrogen) atoms. The molecule has 2 nitrogen and oxygen atoms in total. The van der Waals surface area contributed by atoms with Crippen molar-refractivity contribution in [1.29, 1.82) is 0 Å². The fourth-order valence-electron chi connectivity index (χ4n) is 1.76. The minimum absolute atomic E-state index is 0.270. The van der Waals surface area contributed by atoms with E-state index in [0.29, 0.717) is 16.3 Å². The van der Waals surface area contributed by atoms with Gasteiger partial charge in [0.25, 0.3) is 0 Å². The summed E-state index contributed by atoms with van der Waals surface area (Å²) in [5.74, 6) is -0.270. The molecular weight excluding hydrogens is 239 g/mol. The van der Waals surface area contributed by atoms with Gasteiger partial charge in [0.15, 0.2) is 0 Å². The lowest BCUT2D eigenvalue weighted by molar-refractivity contribution is 0.570. The molecule has 0 bridgehead atoms. The van der Waals surface area contributed by atoms with Gasteiger partial charge in [-0.25, -0.2) is 4.39 Å². The molecule has 0 saturated carbocycles. The maximum atomic E-state index is 13.7. The first-order valence-corrected chi connectivity index (χ1v) is 5.64. The van der Waals surface area contributed by atoms with Crippen LogP contribution in [-0.4, -0.2) is 12.0 Å². The topological polar surface area (TPSA) is 24.9 Å². The third kappa shape index (κ3) is 2.46. The van der Waals surface area contributed by atoms with E-state index in [9.17, 15) is 4.39 Å². The second-order valence-corrected chi connectivity index (χ2v) is 4.02. The van der Waals surface area contributed by atoms with Crippen molar-refractivity contribution in [3.8, 4) is 0 Å². The van der Waals surface area contributed by atoms with E-state index >= 15 is 0 Å². The van der Waals surface area contributed by atoms with Crippen LogP contribution in [0.15, 0.2) is 42.6 Å². The van der Waals surface area contributed by atoms with Crippen LogP contribution < -0.4 is 5.32 Å². The summed E-state index contributed by atoms with van der Waals surface area (Å²) in [6.45, 7) is 0. The number of rotatable bonds is 3. The van der Waals surface area contributed by atoms with Crippen LogP contribution in [0.4, 0.5) is 4.39 Å². The third-order valence-electron chi connectivity index (χ3n) is 2.57. The number of benzene rings is 1. The minimum atomic E-state index is -0.343. The van der Waals surface area contributed by atoms with E-state index in [2.05, 4.69) is 10.3 Å². The molecule has 2 aromatic rings. The highest BCUT2D eigenvalue weighted by Gasteiger charge is 2.19. The van der Waals surface area contributed by atoms with Gasteiger partial charge in [-0.05, 0) is 25.2 Å². The quantitative estimate of drug-likeness (QED) is 0.905. The Labute approximate surface area is 104 Å². The van der Waals surface area contributed by atoms with E-state index in [1.165, 1.54) is 6.07 Å². The van der Waals surface area contributed by atoms with Crippen molar-refractivity contribution in [2.24, 2.45) is 0 Å². The lowest BCUT2D eigenvalue weighted by Gasteiger charge is -2.17. The van der Waals surface area contributed by atoms with Crippen LogP contribution in [0.1, 0.15) is 17.3 Å². The molecule has 88 valence electrons. The van der Waals surface area contributed by atoms with Crippen molar-refractivity contribution in [2.45, 2.75) is 6.04 Å². The van der Waals surface area contributed by atoms with E-state index in [1.54, 1.807) is 43.6 Å². The Balaban J connectivity index is 2.48. The first-order chi connectivity index (χ1) is 8.24. The Hall–Kier alpha value is -1.45. The summed E-state index contributed by atoms with van der Waals surface area (Å²) >= 11 is 6.08. The summed E-state index contributed by atoms with van der Waals surface area (Å²) in [6, 6.07) is 9.75. The molecule has 1 aromatic carbocycles. The first-order valence-electron chi connectivity index (χ1n) is 5.26. The molecule has 0 fully saturated rings. The van der Waals surface area contributed by atoms with Crippen LogP contribution in [0, 0.1) is 5.82 Å². The SMILES string of the molecule is CNC(c1ccccc1F)c1ncccc1Cl. The Morgan fingerprint density at radius 2 is 2.00 bits per heavy atom. The van der Waals surface area contributed by atoms with Crippen molar-refractivity contribution in [3.05, 3.63) is 64.7 Å². The Bertz CT molecular complexity index is 471. The van der Waals surface area contributed by atoms with Gasteiger partial charge in [0, 0.05) is 11.8 Å². The van der Waals surface area contributed by atoms with Gasteiger partial charge in [0.05, 0.1) is 16.8 Å². The molecule has 1 aromatic heterocycles. The molecule has 0 spiro atoms. The van der Waals surface area contributed by atoms with E-state index in [-0.39, 0.29) is 11.9 Å². The molecule has 1 unspecified atom stereocenters. The number of nitrogens with one attached hydrogen (secondary N) is 1. The van der Waals surface area contributed by atoms with Crippen molar-refractivity contribution < 1.29 is 4.39 Å². The average Bonchev–Trinajstić information content (AvgIpc) is 2.34. The number of pyridine rings is 1. The van der Waals surface area contributed by atoms with Crippen LogP contribution in [-0.2, 0) is 0 Å². The number of nitrogens with zero attached hydrogens (tertiary/aromatic N) is 1. The summed E-state index contributed by atoms with van der Waals surface area (Å²) in [5.41, 5.74) is 1.16. The highest BCUT2D eigenvalue weighted by molar-refractivity contribution is 6.31. The van der Waals surface area contributed by atoms with Gasteiger partial charge in [-0.2, -0.15) is 0 Å². The molecule has 0 saturated heterocycles. The van der Waals surface area contributed by atoms with Crippen LogP contribution >= 0.6 is 11.6 Å². The maximum Gasteiger partial charge on any atom is 0.128 e. The van der Waals surface area contributed by atoms with Gasteiger partial charge in [-0.1, -0.05) is 29.8 Å². The number of hydrogen-bond donors (Lipinski definition) is 1. The molecule has 0 amide bonds. The van der Waals surface area contributed by atoms with E-state index in [0.717, 1.165) is 0 Å². The zero-order valence-corrected chi connectivity index (χ0v) is 10.1. The van der Waals surface area contributed by atoms with Crippen LogP contribution in [0.3, 0.4) is 0 Å². The molecule has 0 aliphatic rings. The molecular formula is C13H12ClFN2. The standard InChI is InChI=1S/C13H12ClFN2/c1-16-12(9-5-2-3-7-11(9)15)13-10(14)6-4-8-17-13/h2-8,12,16H,1H3.